The maximum atomic E-state index is 11.3. The molecule has 2 N–H and O–H groups in total. The van der Waals surface area contributed by atoms with Gasteiger partial charge < -0.3 is 4.42 Å². The summed E-state index contributed by atoms with van der Waals surface area (Å²) in [7, 11) is 0. The van der Waals surface area contributed by atoms with Gasteiger partial charge in [0.05, 0.1) is 29.1 Å². The van der Waals surface area contributed by atoms with Crippen molar-refractivity contribution in [3.8, 4) is 11.5 Å². The number of hydrogen-bond donors (Lipinski definition) is 2. The normalized spacial score (nSPS) is 10.6. The maximum absolute atomic E-state index is 11.3. The number of amides is 2. The lowest BCUT2D eigenvalue weighted by molar-refractivity contribution is 0.258. The summed E-state index contributed by atoms with van der Waals surface area (Å²) in [4.78, 5) is 24.3. The van der Waals surface area contributed by atoms with Crippen molar-refractivity contribution in [1.29, 1.82) is 0 Å². The fourth-order valence-corrected chi connectivity index (χ4v) is 1.93. The first-order chi connectivity index (χ1) is 10.2. The molecule has 0 spiro atoms. The van der Waals surface area contributed by atoms with E-state index in [-0.39, 0.29) is 6.03 Å². The van der Waals surface area contributed by atoms with Crippen molar-refractivity contribution >= 4 is 45.9 Å². The molecule has 3 heterocycles. The Bertz CT molecular complexity index is 817. The van der Waals surface area contributed by atoms with E-state index < -0.39 is 0 Å². The number of carbonyl (C=O) groups excluding carboxylic acids is 1. The van der Waals surface area contributed by atoms with Gasteiger partial charge in [-0.25, -0.2) is 14.8 Å². The Morgan fingerprint density at radius 2 is 2.10 bits per heavy atom. The molecule has 7 nitrogen and oxygen atoms in total. The SMILES string of the molecule is Cc1ccc(-c2cnc3ccc(NC(=O)NI)nc3n2)o1. The molecule has 0 unspecified atom stereocenters. The highest BCUT2D eigenvalue weighted by Gasteiger charge is 2.08. The van der Waals surface area contributed by atoms with Gasteiger partial charge in [0.2, 0.25) is 0 Å². The lowest BCUT2D eigenvalue weighted by Gasteiger charge is -2.04. The Labute approximate surface area is 133 Å². The van der Waals surface area contributed by atoms with Crippen LogP contribution in [0, 0.1) is 6.92 Å². The van der Waals surface area contributed by atoms with Crippen LogP contribution >= 0.6 is 22.9 Å². The first kappa shape index (κ1) is 13.7. The Hall–Kier alpha value is -2.23. The van der Waals surface area contributed by atoms with Crippen LogP contribution in [0.25, 0.3) is 22.6 Å². The van der Waals surface area contributed by atoms with Crippen LogP contribution in [0.4, 0.5) is 10.6 Å². The lowest BCUT2D eigenvalue weighted by Crippen LogP contribution is -2.20. The predicted molar refractivity (Wildman–Crippen MR) is 85.9 cm³/mol. The number of nitrogens with zero attached hydrogens (tertiary/aromatic N) is 3. The summed E-state index contributed by atoms with van der Waals surface area (Å²) in [6, 6.07) is 6.75. The van der Waals surface area contributed by atoms with Crippen molar-refractivity contribution in [2.45, 2.75) is 6.92 Å². The smallest absolute Gasteiger partial charge is 0.329 e. The fraction of sp³-hybridized carbons (Fsp3) is 0.0769. The third kappa shape index (κ3) is 2.94. The zero-order valence-corrected chi connectivity index (χ0v) is 13.1. The highest BCUT2D eigenvalue weighted by Crippen LogP contribution is 2.21. The van der Waals surface area contributed by atoms with Crippen LogP contribution in [0.5, 0.6) is 0 Å². The first-order valence-electron chi connectivity index (χ1n) is 6.04. The molecular weight excluding hydrogens is 385 g/mol. The monoisotopic (exact) mass is 395 g/mol. The van der Waals surface area contributed by atoms with Gasteiger partial charge in [0, 0.05) is 0 Å². The zero-order chi connectivity index (χ0) is 14.8. The number of carbonyl (C=O) groups is 1. The summed E-state index contributed by atoms with van der Waals surface area (Å²) < 4.78 is 7.95. The molecule has 106 valence electrons. The van der Waals surface area contributed by atoms with E-state index in [1.54, 1.807) is 41.2 Å². The van der Waals surface area contributed by atoms with Gasteiger partial charge in [-0.1, -0.05) is 0 Å². The number of aromatic nitrogens is 3. The van der Waals surface area contributed by atoms with E-state index in [0.717, 1.165) is 5.76 Å². The largest absolute Gasteiger partial charge is 0.460 e. The van der Waals surface area contributed by atoms with Crippen LogP contribution < -0.4 is 8.85 Å². The second kappa shape index (κ2) is 5.64. The summed E-state index contributed by atoms with van der Waals surface area (Å²) in [6.45, 7) is 1.86. The van der Waals surface area contributed by atoms with Crippen molar-refractivity contribution in [1.82, 2.24) is 18.5 Å². The van der Waals surface area contributed by atoms with Crippen LogP contribution in [-0.2, 0) is 0 Å². The van der Waals surface area contributed by atoms with E-state index in [9.17, 15) is 4.79 Å². The second-order valence-electron chi connectivity index (χ2n) is 4.25. The van der Waals surface area contributed by atoms with Gasteiger partial charge in [-0.3, -0.25) is 13.8 Å². The first-order valence-corrected chi connectivity index (χ1v) is 7.12. The van der Waals surface area contributed by atoms with Crippen molar-refractivity contribution in [3.05, 3.63) is 36.2 Å². The molecule has 0 atom stereocenters. The standard InChI is InChI=1S/C13H10IN5O2/c1-7-2-4-10(21-7)9-6-15-8-3-5-11(17-12(8)16-9)18-13(20)19-14/h2-6H,1H3,(H2,16,17,18,19,20). The third-order valence-electron chi connectivity index (χ3n) is 2.73. The van der Waals surface area contributed by atoms with Gasteiger partial charge in [0.1, 0.15) is 22.8 Å². The number of rotatable bonds is 2. The molecule has 2 amide bonds. The van der Waals surface area contributed by atoms with Crippen molar-refractivity contribution in [2.75, 3.05) is 5.32 Å². The van der Waals surface area contributed by atoms with Gasteiger partial charge in [-0.2, -0.15) is 0 Å². The Kier molecular flexibility index (Phi) is 3.69. The minimum atomic E-state index is -0.353. The van der Waals surface area contributed by atoms with Crippen molar-refractivity contribution < 1.29 is 9.21 Å². The van der Waals surface area contributed by atoms with E-state index >= 15 is 0 Å². The lowest BCUT2D eigenvalue weighted by atomic mass is 10.3. The zero-order valence-electron chi connectivity index (χ0n) is 10.9. The average Bonchev–Trinajstić information content (AvgIpc) is 2.93. The predicted octanol–water partition coefficient (Wildman–Crippen LogP) is 3.06. The minimum Gasteiger partial charge on any atom is -0.460 e. The molecular formula is C13H10IN5O2. The number of pyridine rings is 1. The van der Waals surface area contributed by atoms with Crippen LogP contribution in [0.2, 0.25) is 0 Å². The van der Waals surface area contributed by atoms with Crippen molar-refractivity contribution in [3.63, 3.8) is 0 Å². The van der Waals surface area contributed by atoms with Crippen molar-refractivity contribution in [2.24, 2.45) is 0 Å². The summed E-state index contributed by atoms with van der Waals surface area (Å²) >= 11 is 1.74. The second-order valence-corrected chi connectivity index (χ2v) is 4.79. The molecule has 8 heteroatoms. The Morgan fingerprint density at radius 1 is 1.24 bits per heavy atom. The van der Waals surface area contributed by atoms with Gasteiger partial charge >= 0.3 is 6.03 Å². The molecule has 0 aliphatic rings. The topological polar surface area (TPSA) is 92.9 Å². The van der Waals surface area contributed by atoms with E-state index in [1.165, 1.54) is 0 Å². The molecule has 3 aromatic rings. The number of fused-ring (bicyclic) bond motifs is 1. The van der Waals surface area contributed by atoms with Crippen LogP contribution in [-0.4, -0.2) is 21.0 Å². The molecule has 21 heavy (non-hydrogen) atoms. The maximum Gasteiger partial charge on any atom is 0.329 e. The molecule has 0 bridgehead atoms. The number of halogens is 1. The molecule has 0 aromatic carbocycles. The van der Waals surface area contributed by atoms with E-state index in [1.807, 2.05) is 19.1 Å². The number of anilines is 1. The van der Waals surface area contributed by atoms with Crippen LogP contribution in [0.1, 0.15) is 5.76 Å². The molecule has 0 aliphatic heterocycles. The summed E-state index contributed by atoms with van der Waals surface area (Å²) in [5, 5.41) is 2.59. The summed E-state index contributed by atoms with van der Waals surface area (Å²) in [6.07, 6.45) is 1.63. The minimum absolute atomic E-state index is 0.353. The molecule has 0 radical (unpaired) electrons. The molecule has 0 aliphatic carbocycles. The summed E-state index contributed by atoms with van der Waals surface area (Å²) in [5.74, 6) is 1.83. The Morgan fingerprint density at radius 3 is 2.81 bits per heavy atom. The number of hydrogen-bond acceptors (Lipinski definition) is 5. The van der Waals surface area contributed by atoms with Crippen LogP contribution in [0.15, 0.2) is 34.9 Å². The van der Waals surface area contributed by atoms with Gasteiger partial charge in [0.25, 0.3) is 0 Å². The molecule has 3 rings (SSSR count). The number of urea groups is 1. The van der Waals surface area contributed by atoms with E-state index in [0.29, 0.717) is 28.4 Å². The summed E-state index contributed by atoms with van der Waals surface area (Å²) in [5.41, 5.74) is 1.67. The molecule has 0 saturated heterocycles. The van der Waals surface area contributed by atoms with Gasteiger partial charge in [-0.05, 0) is 31.2 Å². The Balaban J connectivity index is 2.00. The fourth-order valence-electron chi connectivity index (χ4n) is 1.80. The molecule has 0 fully saturated rings. The average molecular weight is 395 g/mol. The van der Waals surface area contributed by atoms with E-state index in [4.69, 9.17) is 4.42 Å². The number of aryl methyl sites for hydroxylation is 1. The van der Waals surface area contributed by atoms with Gasteiger partial charge in [0.15, 0.2) is 11.4 Å². The highest BCUT2D eigenvalue weighted by atomic mass is 127. The van der Waals surface area contributed by atoms with E-state index in [2.05, 4.69) is 23.8 Å². The molecule has 0 saturated carbocycles. The molecule has 3 aromatic heterocycles. The number of nitrogens with one attached hydrogen (secondary N) is 2. The van der Waals surface area contributed by atoms with Gasteiger partial charge in [-0.15, -0.1) is 0 Å². The quantitative estimate of drug-likeness (QED) is 0.514. The number of furan rings is 1. The third-order valence-corrected chi connectivity index (χ3v) is 3.22. The highest BCUT2D eigenvalue weighted by molar-refractivity contribution is 14.1. The van der Waals surface area contributed by atoms with Crippen LogP contribution in [0.3, 0.4) is 0 Å².